The number of sulfone groups is 1. The predicted octanol–water partition coefficient (Wildman–Crippen LogP) is 1.04. The lowest BCUT2D eigenvalue weighted by molar-refractivity contribution is -0.142. The normalized spacial score (nSPS) is 21.6. The largest absolute Gasteiger partial charge is 0.480 e. The lowest BCUT2D eigenvalue weighted by Crippen LogP contribution is -2.52. The number of ether oxygens (including phenoxy) is 1. The van der Waals surface area contributed by atoms with Gasteiger partial charge in [0.05, 0.1) is 10.8 Å². The van der Waals surface area contributed by atoms with Crippen LogP contribution in [-0.4, -0.2) is 83.7 Å². The second kappa shape index (κ2) is 11.9. The van der Waals surface area contributed by atoms with Crippen molar-refractivity contribution in [2.24, 2.45) is 5.92 Å². The number of aliphatic carboxylic acids is 1. The average Bonchev–Trinajstić information content (AvgIpc) is 3.25. The number of aromatic nitrogens is 1. The third kappa shape index (κ3) is 6.69. The molecule has 2 aliphatic rings. The van der Waals surface area contributed by atoms with E-state index in [1.165, 1.54) is 24.5 Å². The van der Waals surface area contributed by atoms with Crippen LogP contribution in [0.25, 0.3) is 0 Å². The van der Waals surface area contributed by atoms with Crippen LogP contribution in [0.15, 0.2) is 53.7 Å². The minimum Gasteiger partial charge on any atom is -0.480 e. The molecule has 14 heteroatoms. The summed E-state index contributed by atoms with van der Waals surface area (Å²) < 4.78 is 34.0. The Morgan fingerprint density at radius 1 is 1.21 bits per heavy atom. The van der Waals surface area contributed by atoms with Gasteiger partial charge in [0, 0.05) is 49.7 Å². The molecule has 3 atom stereocenters. The van der Waals surface area contributed by atoms with Crippen molar-refractivity contribution in [3.8, 4) is 5.75 Å². The lowest BCUT2D eigenvalue weighted by atomic mass is 9.93. The maximum Gasteiger partial charge on any atom is 0.415 e. The Morgan fingerprint density at radius 2 is 1.90 bits per heavy atom. The molecule has 2 aliphatic heterocycles. The van der Waals surface area contributed by atoms with Gasteiger partial charge < -0.3 is 25.4 Å². The molecule has 210 valence electrons. The molecule has 2 aromatic rings. The van der Waals surface area contributed by atoms with Gasteiger partial charge in [0.15, 0.2) is 9.84 Å². The monoisotopic (exact) mass is 577 g/mol. The third-order valence-corrected chi connectivity index (χ3v) is 9.89. The number of carboxylic acids is 1. The summed E-state index contributed by atoms with van der Waals surface area (Å²) in [7, 11) is -3.99. The minimum atomic E-state index is -3.99. The van der Waals surface area contributed by atoms with Crippen molar-refractivity contribution < 1.29 is 32.6 Å². The number of hydrogen-bond acceptors (Lipinski definition) is 10. The molecule has 0 radical (unpaired) electrons. The topological polar surface area (TPSA) is 167 Å². The summed E-state index contributed by atoms with van der Waals surface area (Å²) in [6.07, 6.45) is 2.15. The molecule has 3 heterocycles. The highest BCUT2D eigenvalue weighted by atomic mass is 32.2. The first-order chi connectivity index (χ1) is 18.5. The number of rotatable bonds is 8. The van der Waals surface area contributed by atoms with E-state index >= 15 is 0 Å². The Labute approximate surface area is 230 Å². The van der Waals surface area contributed by atoms with Crippen LogP contribution >= 0.6 is 11.9 Å². The number of hydrogen-bond donors (Lipinski definition) is 4. The van der Waals surface area contributed by atoms with Gasteiger partial charge in [0.2, 0.25) is 5.91 Å². The fourth-order valence-electron chi connectivity index (χ4n) is 4.47. The van der Waals surface area contributed by atoms with Crippen molar-refractivity contribution in [3.05, 3.63) is 54.4 Å². The molecule has 0 spiro atoms. The Balaban J connectivity index is 1.44. The lowest BCUT2D eigenvalue weighted by Gasteiger charge is -2.28. The third-order valence-electron chi connectivity index (χ3n) is 6.63. The van der Waals surface area contributed by atoms with Crippen molar-refractivity contribution in [2.45, 2.75) is 41.3 Å². The molecule has 1 aromatic heterocycles. The van der Waals surface area contributed by atoms with E-state index in [-0.39, 0.29) is 11.3 Å². The molecule has 4 rings (SSSR count). The Bertz CT molecular complexity index is 1300. The average molecular weight is 578 g/mol. The molecule has 12 nitrogen and oxygen atoms in total. The maximum atomic E-state index is 13.4. The second-order valence-electron chi connectivity index (χ2n) is 9.81. The zero-order valence-corrected chi connectivity index (χ0v) is 23.1. The first-order valence-electron chi connectivity index (χ1n) is 12.4. The van der Waals surface area contributed by atoms with E-state index in [0.717, 1.165) is 11.9 Å². The standard InChI is InChI=1S/C25H31N5O7S2/c1-25(2)20(22(29-38-25)39(35,36)18-4-3-9-27-15-18)21(31)28-19(23(32)33)14-16-5-7-17(8-6-16)37-24(34)30-12-10-26-11-13-30/h3-9,15,19-20,22,26,29H,10-14H2,1-2H3,(H,28,31)(H,32,33)/t19-,20-,22?/m0/s1. The molecule has 0 saturated carbocycles. The zero-order chi connectivity index (χ0) is 28.2. The molecular formula is C25H31N5O7S2. The van der Waals surface area contributed by atoms with Gasteiger partial charge >= 0.3 is 12.1 Å². The summed E-state index contributed by atoms with van der Waals surface area (Å²) in [6, 6.07) is 7.95. The van der Waals surface area contributed by atoms with Crippen LogP contribution < -0.4 is 20.1 Å². The van der Waals surface area contributed by atoms with Crippen LogP contribution in [0.2, 0.25) is 0 Å². The summed E-state index contributed by atoms with van der Waals surface area (Å²) in [6.45, 7) is 5.94. The Hall–Kier alpha value is -3.20. The van der Waals surface area contributed by atoms with Gasteiger partial charge in [-0.3, -0.25) is 9.78 Å². The van der Waals surface area contributed by atoms with E-state index in [1.807, 2.05) is 0 Å². The SMILES string of the molecule is CC1(C)SNC(S(=O)(=O)c2cccnc2)[C@@H]1C(=O)N[C@@H](Cc1ccc(OC(=O)N2CCNCC2)cc1)C(=O)O. The molecule has 2 fully saturated rings. The molecule has 1 aromatic carbocycles. The fraction of sp³-hybridized carbons (Fsp3) is 0.440. The van der Waals surface area contributed by atoms with E-state index in [4.69, 9.17) is 4.74 Å². The van der Waals surface area contributed by atoms with Gasteiger partial charge in [-0.2, -0.15) is 0 Å². The zero-order valence-electron chi connectivity index (χ0n) is 21.5. The molecule has 4 N–H and O–H groups in total. The molecule has 0 aliphatic carbocycles. The quantitative estimate of drug-likeness (QED) is 0.331. The van der Waals surface area contributed by atoms with Crippen LogP contribution in [-0.2, 0) is 25.8 Å². The van der Waals surface area contributed by atoms with Crippen LogP contribution in [0.4, 0.5) is 4.79 Å². The summed E-state index contributed by atoms with van der Waals surface area (Å²) in [4.78, 5) is 43.2. The van der Waals surface area contributed by atoms with Crippen molar-refractivity contribution >= 4 is 39.8 Å². The smallest absolute Gasteiger partial charge is 0.415 e. The number of carboxylic acid groups (broad SMARTS) is 1. The molecule has 2 amide bonds. The number of nitrogens with one attached hydrogen (secondary N) is 3. The first kappa shape index (κ1) is 28.8. The highest BCUT2D eigenvalue weighted by molar-refractivity contribution is 8.01. The van der Waals surface area contributed by atoms with Crippen molar-refractivity contribution in [2.75, 3.05) is 26.2 Å². The van der Waals surface area contributed by atoms with Gasteiger partial charge in [-0.05, 0) is 43.7 Å². The summed E-state index contributed by atoms with van der Waals surface area (Å²) in [5, 5.41) is 14.3. The maximum absolute atomic E-state index is 13.4. The Kier molecular flexibility index (Phi) is 8.79. The van der Waals surface area contributed by atoms with E-state index in [0.29, 0.717) is 37.5 Å². The van der Waals surface area contributed by atoms with Gasteiger partial charge in [0.1, 0.15) is 17.2 Å². The molecule has 0 bridgehead atoms. The summed E-state index contributed by atoms with van der Waals surface area (Å²) in [5.74, 6) is -2.72. The van der Waals surface area contributed by atoms with E-state index in [2.05, 4.69) is 20.3 Å². The predicted molar refractivity (Wildman–Crippen MR) is 144 cm³/mol. The van der Waals surface area contributed by atoms with Gasteiger partial charge in [-0.25, -0.2) is 22.7 Å². The highest BCUT2D eigenvalue weighted by Crippen LogP contribution is 2.43. The number of piperazine rings is 1. The van der Waals surface area contributed by atoms with Crippen LogP contribution in [0, 0.1) is 5.92 Å². The van der Waals surface area contributed by atoms with Crippen LogP contribution in [0.1, 0.15) is 19.4 Å². The summed E-state index contributed by atoms with van der Waals surface area (Å²) >= 11 is 1.12. The highest BCUT2D eigenvalue weighted by Gasteiger charge is 2.53. The molecule has 2 saturated heterocycles. The van der Waals surface area contributed by atoms with Crippen LogP contribution in [0.5, 0.6) is 5.75 Å². The molecule has 39 heavy (non-hydrogen) atoms. The van der Waals surface area contributed by atoms with Crippen LogP contribution in [0.3, 0.4) is 0 Å². The van der Waals surface area contributed by atoms with E-state index < -0.39 is 49.9 Å². The second-order valence-corrected chi connectivity index (χ2v) is 13.4. The van der Waals surface area contributed by atoms with Crippen molar-refractivity contribution in [1.29, 1.82) is 0 Å². The number of amides is 2. The number of benzene rings is 1. The van der Waals surface area contributed by atoms with Gasteiger partial charge in [-0.1, -0.05) is 24.1 Å². The number of carbonyl (C=O) groups excluding carboxylic acids is 2. The van der Waals surface area contributed by atoms with Crippen molar-refractivity contribution in [3.63, 3.8) is 0 Å². The first-order valence-corrected chi connectivity index (χ1v) is 14.7. The van der Waals surface area contributed by atoms with Crippen molar-refractivity contribution in [1.82, 2.24) is 25.2 Å². The van der Waals surface area contributed by atoms with E-state index in [9.17, 15) is 27.9 Å². The summed E-state index contributed by atoms with van der Waals surface area (Å²) in [5.41, 5.74) is 0.586. The van der Waals surface area contributed by atoms with Gasteiger partial charge in [0.25, 0.3) is 0 Å². The molecule has 1 unspecified atom stereocenters. The number of carbonyl (C=O) groups is 3. The minimum absolute atomic E-state index is 0.0360. The van der Waals surface area contributed by atoms with Gasteiger partial charge in [-0.15, -0.1) is 0 Å². The fourth-order valence-corrected chi connectivity index (χ4v) is 7.72. The Morgan fingerprint density at radius 3 is 2.51 bits per heavy atom. The molecular weight excluding hydrogens is 546 g/mol. The van der Waals surface area contributed by atoms with E-state index in [1.54, 1.807) is 43.0 Å². The number of pyridine rings is 1. The number of nitrogens with zero attached hydrogens (tertiary/aromatic N) is 2.